The predicted octanol–water partition coefficient (Wildman–Crippen LogP) is 4.28. The molecule has 0 saturated heterocycles. The zero-order chi connectivity index (χ0) is 16.7. The topological polar surface area (TPSA) is 29.5 Å². The molecule has 0 saturated carbocycles. The summed E-state index contributed by atoms with van der Waals surface area (Å²) in [6.45, 7) is 9.07. The van der Waals surface area contributed by atoms with Crippen molar-refractivity contribution in [2.24, 2.45) is 0 Å². The van der Waals surface area contributed by atoms with Gasteiger partial charge in [-0.2, -0.15) is 0 Å². The quantitative estimate of drug-likeness (QED) is 0.682. The maximum atomic E-state index is 12.3. The molecule has 0 heterocycles. The number of ketones is 1. The summed E-state index contributed by atoms with van der Waals surface area (Å²) in [5.74, 6) is 1.05. The highest BCUT2D eigenvalue weighted by Crippen LogP contribution is 2.23. The Balaban J connectivity index is 2.08. The van der Waals surface area contributed by atoms with E-state index in [0.717, 1.165) is 35.5 Å². The molecule has 3 nitrogen and oxygen atoms in total. The van der Waals surface area contributed by atoms with Gasteiger partial charge in [0.15, 0.2) is 5.78 Å². The minimum absolute atomic E-state index is 0.173. The molecule has 0 aromatic heterocycles. The largest absolute Gasteiger partial charge is 0.494 e. The molecule has 0 bridgehead atoms. The molecule has 2 rings (SSSR count). The molecule has 2 aromatic carbocycles. The number of hydrogen-bond donors (Lipinski definition) is 0. The molecule has 3 heteroatoms. The number of benzene rings is 2. The first kappa shape index (κ1) is 17.2. The molecule has 0 aliphatic carbocycles. The number of carbonyl (C=O) groups is 1. The minimum Gasteiger partial charge on any atom is -0.494 e. The van der Waals surface area contributed by atoms with Crippen LogP contribution in [0.3, 0.4) is 0 Å². The van der Waals surface area contributed by atoms with E-state index in [9.17, 15) is 4.79 Å². The molecule has 122 valence electrons. The summed E-state index contributed by atoms with van der Waals surface area (Å²) in [5.41, 5.74) is 3.00. The third kappa shape index (κ3) is 4.67. The fourth-order valence-electron chi connectivity index (χ4n) is 2.50. The molecule has 0 atom stereocenters. The van der Waals surface area contributed by atoms with Crippen LogP contribution in [0.2, 0.25) is 0 Å². The van der Waals surface area contributed by atoms with Crippen molar-refractivity contribution in [3.8, 4) is 16.9 Å². The van der Waals surface area contributed by atoms with Crippen LogP contribution in [0.5, 0.6) is 5.75 Å². The van der Waals surface area contributed by atoms with Gasteiger partial charge in [-0.15, -0.1) is 0 Å². The van der Waals surface area contributed by atoms with Crippen LogP contribution in [0.1, 0.15) is 31.1 Å². The van der Waals surface area contributed by atoms with Crippen molar-refractivity contribution < 1.29 is 9.53 Å². The molecule has 0 spiro atoms. The van der Waals surface area contributed by atoms with E-state index >= 15 is 0 Å². The predicted molar refractivity (Wildman–Crippen MR) is 95.2 cm³/mol. The second-order valence-electron chi connectivity index (χ2n) is 5.42. The van der Waals surface area contributed by atoms with Crippen LogP contribution >= 0.6 is 0 Å². The summed E-state index contributed by atoms with van der Waals surface area (Å²) >= 11 is 0. The van der Waals surface area contributed by atoms with Gasteiger partial charge in [-0.1, -0.05) is 50.2 Å². The van der Waals surface area contributed by atoms with Crippen molar-refractivity contribution in [2.45, 2.75) is 20.8 Å². The van der Waals surface area contributed by atoms with E-state index in [1.807, 2.05) is 55.5 Å². The third-order valence-corrected chi connectivity index (χ3v) is 3.97. The van der Waals surface area contributed by atoms with E-state index < -0.39 is 0 Å². The van der Waals surface area contributed by atoms with Crippen LogP contribution < -0.4 is 4.74 Å². The van der Waals surface area contributed by atoms with Crippen LogP contribution in [0, 0.1) is 0 Å². The molecule has 0 N–H and O–H groups in total. The minimum atomic E-state index is 0.173. The Morgan fingerprint density at radius 2 is 1.39 bits per heavy atom. The Bertz CT molecular complexity index is 613. The van der Waals surface area contributed by atoms with Crippen LogP contribution in [0.4, 0.5) is 0 Å². The maximum Gasteiger partial charge on any atom is 0.176 e. The summed E-state index contributed by atoms with van der Waals surface area (Å²) < 4.78 is 5.46. The average Bonchev–Trinajstić information content (AvgIpc) is 2.60. The molecule has 0 fully saturated rings. The normalized spacial score (nSPS) is 10.8. The van der Waals surface area contributed by atoms with Crippen LogP contribution in [0.25, 0.3) is 11.1 Å². The summed E-state index contributed by atoms with van der Waals surface area (Å²) in [7, 11) is 0. The lowest BCUT2D eigenvalue weighted by atomic mass is 10.0. The monoisotopic (exact) mass is 311 g/mol. The standard InChI is InChI=1S/C20H25NO2/c1-4-21(5-2)15-20(22)18-9-7-16(8-10-18)17-11-13-19(14-12-17)23-6-3/h7-14H,4-6,15H2,1-3H3. The van der Waals surface area contributed by atoms with Gasteiger partial charge in [-0.25, -0.2) is 0 Å². The molecule has 0 aliphatic rings. The van der Waals surface area contributed by atoms with Crippen molar-refractivity contribution in [3.05, 3.63) is 54.1 Å². The van der Waals surface area contributed by atoms with Gasteiger partial charge >= 0.3 is 0 Å². The maximum absolute atomic E-state index is 12.3. The van der Waals surface area contributed by atoms with Gasteiger partial charge in [0.05, 0.1) is 13.2 Å². The molecule has 2 aromatic rings. The van der Waals surface area contributed by atoms with Crippen molar-refractivity contribution in [1.82, 2.24) is 4.90 Å². The van der Waals surface area contributed by atoms with E-state index in [-0.39, 0.29) is 5.78 Å². The summed E-state index contributed by atoms with van der Waals surface area (Å²) in [4.78, 5) is 14.4. The Morgan fingerprint density at radius 1 is 0.870 bits per heavy atom. The Hall–Kier alpha value is -2.13. The SMILES string of the molecule is CCOc1ccc(-c2ccc(C(=O)CN(CC)CC)cc2)cc1. The number of likely N-dealkylation sites (N-methyl/N-ethyl adjacent to an activating group) is 1. The molecule has 23 heavy (non-hydrogen) atoms. The van der Waals surface area contributed by atoms with Crippen molar-refractivity contribution >= 4 is 5.78 Å². The van der Waals surface area contributed by atoms with Gasteiger partial charge in [-0.3, -0.25) is 9.69 Å². The van der Waals surface area contributed by atoms with E-state index in [1.165, 1.54) is 0 Å². The summed E-state index contributed by atoms with van der Waals surface area (Å²) in [6, 6.07) is 15.9. The number of hydrogen-bond acceptors (Lipinski definition) is 3. The smallest absolute Gasteiger partial charge is 0.176 e. The number of ether oxygens (including phenoxy) is 1. The van der Waals surface area contributed by atoms with Crippen LogP contribution in [-0.2, 0) is 0 Å². The van der Waals surface area contributed by atoms with Gasteiger partial charge < -0.3 is 4.74 Å². The molecular weight excluding hydrogens is 286 g/mol. The van der Waals surface area contributed by atoms with E-state index in [0.29, 0.717) is 13.2 Å². The van der Waals surface area contributed by atoms with Crippen molar-refractivity contribution in [3.63, 3.8) is 0 Å². The molecule has 0 unspecified atom stereocenters. The molecular formula is C20H25NO2. The second kappa shape index (κ2) is 8.49. The van der Waals surface area contributed by atoms with Gasteiger partial charge in [0, 0.05) is 5.56 Å². The third-order valence-electron chi connectivity index (χ3n) is 3.97. The van der Waals surface area contributed by atoms with E-state index in [4.69, 9.17) is 4.74 Å². The fraction of sp³-hybridized carbons (Fsp3) is 0.350. The Kier molecular flexibility index (Phi) is 6.36. The highest BCUT2D eigenvalue weighted by atomic mass is 16.5. The number of nitrogens with zero attached hydrogens (tertiary/aromatic N) is 1. The van der Waals surface area contributed by atoms with Crippen molar-refractivity contribution in [2.75, 3.05) is 26.2 Å². The van der Waals surface area contributed by atoms with E-state index in [1.54, 1.807) is 0 Å². The number of rotatable bonds is 8. The molecule has 0 amide bonds. The lowest BCUT2D eigenvalue weighted by Gasteiger charge is -2.16. The Labute approximate surface area is 138 Å². The zero-order valence-corrected chi connectivity index (χ0v) is 14.2. The number of Topliss-reactive ketones (excluding diaryl/α,β-unsaturated/α-hetero) is 1. The average molecular weight is 311 g/mol. The second-order valence-corrected chi connectivity index (χ2v) is 5.42. The van der Waals surface area contributed by atoms with Crippen LogP contribution in [-0.4, -0.2) is 36.9 Å². The first-order valence-corrected chi connectivity index (χ1v) is 8.26. The first-order valence-electron chi connectivity index (χ1n) is 8.26. The van der Waals surface area contributed by atoms with E-state index in [2.05, 4.69) is 18.7 Å². The highest BCUT2D eigenvalue weighted by molar-refractivity contribution is 5.98. The Morgan fingerprint density at radius 3 is 1.87 bits per heavy atom. The molecule has 0 aliphatic heterocycles. The number of carbonyl (C=O) groups excluding carboxylic acids is 1. The van der Waals surface area contributed by atoms with Gasteiger partial charge in [0.25, 0.3) is 0 Å². The molecule has 0 radical (unpaired) electrons. The lowest BCUT2D eigenvalue weighted by molar-refractivity contribution is 0.0937. The zero-order valence-electron chi connectivity index (χ0n) is 14.2. The highest BCUT2D eigenvalue weighted by Gasteiger charge is 2.10. The first-order chi connectivity index (χ1) is 11.2. The fourth-order valence-corrected chi connectivity index (χ4v) is 2.50. The lowest BCUT2D eigenvalue weighted by Crippen LogP contribution is -2.29. The van der Waals surface area contributed by atoms with Gasteiger partial charge in [0.1, 0.15) is 5.75 Å². The van der Waals surface area contributed by atoms with Gasteiger partial charge in [0.2, 0.25) is 0 Å². The van der Waals surface area contributed by atoms with Gasteiger partial charge in [-0.05, 0) is 43.3 Å². The van der Waals surface area contributed by atoms with Crippen molar-refractivity contribution in [1.29, 1.82) is 0 Å². The van der Waals surface area contributed by atoms with Crippen LogP contribution in [0.15, 0.2) is 48.5 Å². The summed E-state index contributed by atoms with van der Waals surface area (Å²) in [6.07, 6.45) is 0. The summed E-state index contributed by atoms with van der Waals surface area (Å²) in [5, 5.41) is 0.